The highest BCUT2D eigenvalue weighted by atomic mass is 35.5. The molecule has 0 aliphatic carbocycles. The number of nitrogens with one attached hydrogen (secondary N) is 1. The van der Waals surface area contributed by atoms with Crippen LogP contribution in [0.15, 0.2) is 48.5 Å². The number of sulfonamides is 1. The highest BCUT2D eigenvalue weighted by Gasteiger charge is 2.34. The van der Waals surface area contributed by atoms with Crippen LogP contribution < -0.4 is 10.1 Å². The third-order valence-electron chi connectivity index (χ3n) is 4.52. The molecule has 1 saturated heterocycles. The number of nitro groups is 1. The van der Waals surface area contributed by atoms with Crippen molar-refractivity contribution < 1.29 is 18.1 Å². The van der Waals surface area contributed by atoms with E-state index >= 15 is 0 Å². The number of ether oxygens (including phenoxy) is 1. The Morgan fingerprint density at radius 3 is 2.71 bits per heavy atom. The van der Waals surface area contributed by atoms with E-state index in [0.29, 0.717) is 30.9 Å². The quantitative estimate of drug-likeness (QED) is 0.561. The summed E-state index contributed by atoms with van der Waals surface area (Å²) in [5.74, 6) is 0.335. The predicted octanol–water partition coefficient (Wildman–Crippen LogP) is 2.50. The lowest BCUT2D eigenvalue weighted by Crippen LogP contribution is -2.49. The molecule has 0 bridgehead atoms. The standard InChI is InChI=1S/C18H21N3O5S.ClH/c1-26-18-8-3-2-7-16(18)17-12-19-9-10-20(17)27(24,25)13-14-5-4-6-15(11-14)21(22)23;/h2-8,11,17,19H,9-10,12-13H2,1H3;1H. The molecule has 1 N–H and O–H groups in total. The molecule has 10 heteroatoms. The fraction of sp³-hybridized carbons (Fsp3) is 0.333. The van der Waals surface area contributed by atoms with Gasteiger partial charge in [-0.25, -0.2) is 8.42 Å². The summed E-state index contributed by atoms with van der Waals surface area (Å²) in [7, 11) is -2.13. The molecule has 8 nitrogen and oxygen atoms in total. The fourth-order valence-electron chi connectivity index (χ4n) is 3.28. The monoisotopic (exact) mass is 427 g/mol. The van der Waals surface area contributed by atoms with E-state index < -0.39 is 21.0 Å². The van der Waals surface area contributed by atoms with Gasteiger partial charge in [0.15, 0.2) is 0 Å². The average Bonchev–Trinajstić information content (AvgIpc) is 2.67. The van der Waals surface area contributed by atoms with Crippen LogP contribution in [0.1, 0.15) is 17.2 Å². The normalized spacial score (nSPS) is 17.5. The zero-order valence-electron chi connectivity index (χ0n) is 15.3. The van der Waals surface area contributed by atoms with Crippen molar-refractivity contribution in [1.82, 2.24) is 9.62 Å². The van der Waals surface area contributed by atoms with E-state index in [-0.39, 0.29) is 23.8 Å². The number of hydrogen-bond acceptors (Lipinski definition) is 6. The Balaban J connectivity index is 0.00000280. The summed E-state index contributed by atoms with van der Waals surface area (Å²) >= 11 is 0. The molecule has 152 valence electrons. The minimum absolute atomic E-state index is 0. The van der Waals surface area contributed by atoms with Gasteiger partial charge in [-0.15, -0.1) is 12.4 Å². The van der Waals surface area contributed by atoms with Crippen molar-refractivity contribution in [3.05, 3.63) is 69.8 Å². The van der Waals surface area contributed by atoms with E-state index in [1.54, 1.807) is 19.2 Å². The Labute approximate surface area is 170 Å². The van der Waals surface area contributed by atoms with Gasteiger partial charge in [-0.2, -0.15) is 4.31 Å². The largest absolute Gasteiger partial charge is 0.496 e. The summed E-state index contributed by atoms with van der Waals surface area (Å²) in [6.45, 7) is 1.33. The van der Waals surface area contributed by atoms with Crippen molar-refractivity contribution in [2.45, 2.75) is 11.8 Å². The van der Waals surface area contributed by atoms with Gasteiger partial charge in [0.05, 0.1) is 23.8 Å². The molecule has 1 unspecified atom stereocenters. The van der Waals surface area contributed by atoms with Gasteiger partial charge in [0.1, 0.15) is 5.75 Å². The van der Waals surface area contributed by atoms with Crippen LogP contribution in [0.4, 0.5) is 5.69 Å². The van der Waals surface area contributed by atoms with Crippen LogP contribution in [0.25, 0.3) is 0 Å². The predicted molar refractivity (Wildman–Crippen MR) is 108 cm³/mol. The van der Waals surface area contributed by atoms with E-state index in [1.165, 1.54) is 22.5 Å². The Morgan fingerprint density at radius 2 is 2.00 bits per heavy atom. The average molecular weight is 428 g/mol. The number of halogens is 1. The first-order valence-corrected chi connectivity index (χ1v) is 10.1. The summed E-state index contributed by atoms with van der Waals surface area (Å²) in [5.41, 5.74) is 1.06. The zero-order valence-corrected chi connectivity index (χ0v) is 16.9. The molecule has 0 aromatic heterocycles. The van der Waals surface area contributed by atoms with Crippen molar-refractivity contribution in [2.75, 3.05) is 26.7 Å². The van der Waals surface area contributed by atoms with Crippen LogP contribution in [0, 0.1) is 10.1 Å². The van der Waals surface area contributed by atoms with E-state index in [0.717, 1.165) is 5.56 Å². The second-order valence-corrected chi connectivity index (χ2v) is 8.18. The molecule has 0 radical (unpaired) electrons. The fourth-order valence-corrected chi connectivity index (χ4v) is 4.99. The highest BCUT2D eigenvalue weighted by Crippen LogP contribution is 2.33. The second-order valence-electron chi connectivity index (χ2n) is 6.26. The van der Waals surface area contributed by atoms with Crippen LogP contribution in [-0.2, 0) is 15.8 Å². The number of hydrogen-bond donors (Lipinski definition) is 1. The van der Waals surface area contributed by atoms with Gasteiger partial charge in [-0.1, -0.05) is 30.3 Å². The molecule has 28 heavy (non-hydrogen) atoms. The maximum atomic E-state index is 13.1. The summed E-state index contributed by atoms with van der Waals surface area (Å²) in [6, 6.07) is 12.7. The summed E-state index contributed by atoms with van der Waals surface area (Å²) in [4.78, 5) is 10.4. The molecule has 3 rings (SSSR count). The van der Waals surface area contributed by atoms with Gasteiger partial charge in [-0.05, 0) is 11.6 Å². The van der Waals surface area contributed by atoms with E-state index in [1.807, 2.05) is 18.2 Å². The number of methoxy groups -OCH3 is 1. The lowest BCUT2D eigenvalue weighted by Gasteiger charge is -2.36. The first-order valence-electron chi connectivity index (χ1n) is 8.49. The first kappa shape index (κ1) is 22.1. The third kappa shape index (κ3) is 4.79. The molecule has 1 aliphatic heterocycles. The third-order valence-corrected chi connectivity index (χ3v) is 6.37. The van der Waals surface area contributed by atoms with E-state index in [4.69, 9.17) is 4.74 Å². The van der Waals surface area contributed by atoms with Gasteiger partial charge in [0, 0.05) is 37.3 Å². The smallest absolute Gasteiger partial charge is 0.269 e. The number of piperazine rings is 1. The summed E-state index contributed by atoms with van der Waals surface area (Å²) < 4.78 is 33.1. The van der Waals surface area contributed by atoms with Crippen molar-refractivity contribution in [2.24, 2.45) is 0 Å². The number of non-ortho nitro benzene ring substituents is 1. The van der Waals surface area contributed by atoms with E-state index in [2.05, 4.69) is 5.32 Å². The van der Waals surface area contributed by atoms with Crippen LogP contribution in [0.5, 0.6) is 5.75 Å². The minimum Gasteiger partial charge on any atom is -0.496 e. The van der Waals surface area contributed by atoms with Crippen molar-refractivity contribution in [3.8, 4) is 5.75 Å². The van der Waals surface area contributed by atoms with Crippen molar-refractivity contribution >= 4 is 28.1 Å². The number of benzene rings is 2. The molecule has 1 heterocycles. The number of rotatable bonds is 6. The zero-order chi connectivity index (χ0) is 19.4. The minimum atomic E-state index is -3.69. The Bertz CT molecular complexity index is 938. The molecule has 2 aromatic carbocycles. The molecule has 1 atom stereocenters. The lowest BCUT2D eigenvalue weighted by atomic mass is 10.0. The SMILES string of the molecule is COc1ccccc1C1CNCCN1S(=O)(=O)Cc1cccc([N+](=O)[O-])c1.Cl. The summed E-state index contributed by atoms with van der Waals surface area (Å²) in [6.07, 6.45) is 0. The van der Waals surface area contributed by atoms with Crippen LogP contribution in [0.3, 0.4) is 0 Å². The van der Waals surface area contributed by atoms with Crippen molar-refractivity contribution in [3.63, 3.8) is 0 Å². The molecule has 0 spiro atoms. The Hall–Kier alpha value is -2.20. The molecular weight excluding hydrogens is 406 g/mol. The summed E-state index contributed by atoms with van der Waals surface area (Å²) in [5, 5.41) is 14.2. The van der Waals surface area contributed by atoms with Gasteiger partial charge < -0.3 is 10.1 Å². The number of nitrogens with zero attached hydrogens (tertiary/aromatic N) is 2. The Morgan fingerprint density at radius 1 is 1.25 bits per heavy atom. The van der Waals surface area contributed by atoms with E-state index in [9.17, 15) is 18.5 Å². The van der Waals surface area contributed by atoms with Crippen LogP contribution >= 0.6 is 12.4 Å². The molecule has 1 fully saturated rings. The molecule has 0 amide bonds. The first-order chi connectivity index (χ1) is 12.9. The Kier molecular flexibility index (Phi) is 7.36. The maximum absolute atomic E-state index is 13.1. The van der Waals surface area contributed by atoms with Gasteiger partial charge in [-0.3, -0.25) is 10.1 Å². The van der Waals surface area contributed by atoms with Gasteiger partial charge in [0.25, 0.3) is 5.69 Å². The molecular formula is C18H22ClN3O5S. The second kappa shape index (κ2) is 9.33. The molecule has 2 aromatic rings. The molecule has 1 aliphatic rings. The van der Waals surface area contributed by atoms with Crippen LogP contribution in [0.2, 0.25) is 0 Å². The maximum Gasteiger partial charge on any atom is 0.269 e. The number of para-hydroxylation sites is 1. The van der Waals surface area contributed by atoms with Crippen molar-refractivity contribution in [1.29, 1.82) is 0 Å². The number of nitro benzene ring substituents is 1. The van der Waals surface area contributed by atoms with Gasteiger partial charge >= 0.3 is 0 Å². The highest BCUT2D eigenvalue weighted by molar-refractivity contribution is 7.88. The van der Waals surface area contributed by atoms with Crippen LogP contribution in [-0.4, -0.2) is 44.4 Å². The lowest BCUT2D eigenvalue weighted by molar-refractivity contribution is -0.384. The van der Waals surface area contributed by atoms with Gasteiger partial charge in [0.2, 0.25) is 10.0 Å². The topological polar surface area (TPSA) is 102 Å². The molecule has 0 saturated carbocycles.